The van der Waals surface area contributed by atoms with Gasteiger partial charge in [0.1, 0.15) is 23.7 Å². The van der Waals surface area contributed by atoms with Crippen LogP contribution in [0.15, 0.2) is 122 Å². The number of nitrogens with zero attached hydrogens (tertiary/aromatic N) is 6. The number of H-pyrrole nitrogens is 2. The molecule has 0 radical (unpaired) electrons. The number of carbonyl (C=O) groups excluding carboxylic acids is 3. The lowest BCUT2D eigenvalue weighted by Crippen LogP contribution is -2.44. The van der Waals surface area contributed by atoms with Crippen LogP contribution >= 0.6 is 11.8 Å². The monoisotopic (exact) mass is 849 g/mol. The number of rotatable bonds is 14. The van der Waals surface area contributed by atoms with Crippen LogP contribution in [0, 0.1) is 0 Å². The maximum atomic E-state index is 14.5. The van der Waals surface area contributed by atoms with Crippen LogP contribution in [0.25, 0.3) is 33.6 Å². The molecule has 320 valence electrons. The summed E-state index contributed by atoms with van der Waals surface area (Å²) in [5, 5.41) is 2.55. The molecule has 4 heterocycles. The summed E-state index contributed by atoms with van der Waals surface area (Å²) in [4.78, 5) is 65.3. The van der Waals surface area contributed by atoms with Crippen molar-refractivity contribution in [1.82, 2.24) is 44.9 Å². The molecule has 0 saturated carbocycles. The Morgan fingerprint density at radius 3 is 1.68 bits per heavy atom. The highest BCUT2D eigenvalue weighted by atomic mass is 32.2. The van der Waals surface area contributed by atoms with Gasteiger partial charge < -0.3 is 25.1 Å². The standard InChI is InChI=1S/C49H55N9O3S/c1-50-42(59)26-27-43-58(49(61)45(56(4)5)37-15-10-7-11-16-37)41(31-62-43)47-52-30-39(54-47)35-24-20-33(21-25-35)32-18-22-34(23-19-32)38-29-51-46(53-38)40-17-12-28-57(40)48(60)44(55(2)3)36-13-8-6-9-14-36/h6-11,13-16,18-25,29-30,40-41,43-45H,12,17,26-28,31H2,1-5H3,(H,50,59)(H,51,53)(H,52,54)/t40-,41-,43?,44+,45?/m0/s1. The van der Waals surface area contributed by atoms with Gasteiger partial charge in [-0.3, -0.25) is 24.2 Å². The molecule has 8 rings (SSSR count). The molecule has 2 aliphatic heterocycles. The number of likely N-dealkylation sites (tertiary alicyclic amines) is 1. The van der Waals surface area contributed by atoms with Crippen molar-refractivity contribution >= 4 is 29.5 Å². The molecule has 62 heavy (non-hydrogen) atoms. The van der Waals surface area contributed by atoms with E-state index in [0.717, 1.165) is 69.3 Å². The van der Waals surface area contributed by atoms with E-state index in [0.29, 0.717) is 25.1 Å². The van der Waals surface area contributed by atoms with E-state index in [4.69, 9.17) is 9.97 Å². The largest absolute Gasteiger partial charge is 0.359 e. The van der Waals surface area contributed by atoms with Crippen molar-refractivity contribution in [2.24, 2.45) is 0 Å². The molecule has 12 nitrogen and oxygen atoms in total. The van der Waals surface area contributed by atoms with Crippen LogP contribution in [0.4, 0.5) is 0 Å². The van der Waals surface area contributed by atoms with Crippen molar-refractivity contribution in [3.63, 3.8) is 0 Å². The number of thioether (sulfide) groups is 1. The lowest BCUT2D eigenvalue weighted by Gasteiger charge is -2.34. The molecule has 0 bridgehead atoms. The summed E-state index contributed by atoms with van der Waals surface area (Å²) in [7, 11) is 9.40. The summed E-state index contributed by atoms with van der Waals surface area (Å²) in [5.41, 5.74) is 7.88. The fraction of sp³-hybridized carbons (Fsp3) is 0.327. The van der Waals surface area contributed by atoms with Crippen LogP contribution in [0.5, 0.6) is 0 Å². The third-order valence-electron chi connectivity index (χ3n) is 12.1. The Kier molecular flexibility index (Phi) is 13.0. The van der Waals surface area contributed by atoms with Crippen molar-refractivity contribution in [2.75, 3.05) is 47.5 Å². The SMILES string of the molecule is CNC(=O)CCC1SC[C@@H](c2ncc(-c3ccc(-c4ccc(-c5cnc([C@@H]6CCCN6C(=O)[C@@H](c6ccccc6)N(C)C)[nH]5)cc4)cc3)[nH]2)N1C(=O)C(c1ccccc1)N(C)C. The van der Waals surface area contributed by atoms with Crippen LogP contribution in [-0.2, 0) is 14.4 Å². The number of hydrogen-bond acceptors (Lipinski definition) is 8. The van der Waals surface area contributed by atoms with E-state index in [1.54, 1.807) is 18.8 Å². The maximum absolute atomic E-state index is 14.5. The van der Waals surface area contributed by atoms with Gasteiger partial charge in [-0.25, -0.2) is 9.97 Å². The Balaban J connectivity index is 0.955. The fourth-order valence-corrected chi connectivity index (χ4v) is 10.3. The zero-order chi connectivity index (χ0) is 43.3. The molecule has 3 N–H and O–H groups in total. The molecule has 6 aromatic rings. The first-order valence-corrected chi connectivity index (χ1v) is 22.3. The molecule has 0 spiro atoms. The summed E-state index contributed by atoms with van der Waals surface area (Å²) >= 11 is 1.70. The van der Waals surface area contributed by atoms with Crippen LogP contribution in [0.3, 0.4) is 0 Å². The predicted octanol–water partition coefficient (Wildman–Crippen LogP) is 7.87. The number of amides is 3. The second kappa shape index (κ2) is 18.9. The van der Waals surface area contributed by atoms with E-state index in [-0.39, 0.29) is 41.2 Å². The number of aromatic amines is 2. The minimum absolute atomic E-state index is 0.0100. The van der Waals surface area contributed by atoms with Gasteiger partial charge in [0, 0.05) is 25.8 Å². The first-order chi connectivity index (χ1) is 30.1. The van der Waals surface area contributed by atoms with Crippen LogP contribution in [0.2, 0.25) is 0 Å². The predicted molar refractivity (Wildman–Crippen MR) is 246 cm³/mol. The second-order valence-electron chi connectivity index (χ2n) is 16.5. The highest BCUT2D eigenvalue weighted by molar-refractivity contribution is 8.00. The molecule has 2 fully saturated rings. The van der Waals surface area contributed by atoms with E-state index in [1.807, 2.05) is 121 Å². The van der Waals surface area contributed by atoms with Gasteiger partial charge in [0.25, 0.3) is 0 Å². The smallest absolute Gasteiger partial charge is 0.246 e. The summed E-state index contributed by atoms with van der Waals surface area (Å²) < 4.78 is 0. The third kappa shape index (κ3) is 8.97. The van der Waals surface area contributed by atoms with Gasteiger partial charge in [0.05, 0.1) is 41.2 Å². The highest BCUT2D eigenvalue weighted by Gasteiger charge is 2.43. The Morgan fingerprint density at radius 2 is 1.18 bits per heavy atom. The second-order valence-corrected chi connectivity index (χ2v) is 17.7. The topological polar surface area (TPSA) is 134 Å². The molecule has 2 unspecified atom stereocenters. The van der Waals surface area contributed by atoms with Gasteiger partial charge in [0.15, 0.2) is 0 Å². The lowest BCUT2D eigenvalue weighted by molar-refractivity contribution is -0.139. The van der Waals surface area contributed by atoms with Crippen LogP contribution in [-0.4, -0.2) is 110 Å². The normalized spacial score (nSPS) is 18.7. The third-order valence-corrected chi connectivity index (χ3v) is 13.4. The quantitative estimate of drug-likeness (QED) is 0.101. The van der Waals surface area contributed by atoms with E-state index in [1.165, 1.54) is 0 Å². The molecule has 5 atom stereocenters. The zero-order valence-corrected chi connectivity index (χ0v) is 36.8. The molecule has 2 saturated heterocycles. The number of carbonyl (C=O) groups is 3. The lowest BCUT2D eigenvalue weighted by atomic mass is 10.0. The summed E-state index contributed by atoms with van der Waals surface area (Å²) in [5.74, 6) is 2.26. The van der Waals surface area contributed by atoms with E-state index >= 15 is 0 Å². The van der Waals surface area contributed by atoms with E-state index in [2.05, 4.69) is 63.8 Å². The average molecular weight is 850 g/mol. The molecule has 2 aliphatic rings. The van der Waals surface area contributed by atoms with Crippen LogP contribution in [0.1, 0.15) is 72.6 Å². The summed E-state index contributed by atoms with van der Waals surface area (Å²) in [6.45, 7) is 0.708. The first-order valence-electron chi connectivity index (χ1n) is 21.3. The highest BCUT2D eigenvalue weighted by Crippen LogP contribution is 2.43. The van der Waals surface area contributed by atoms with Crippen molar-refractivity contribution in [1.29, 1.82) is 0 Å². The van der Waals surface area contributed by atoms with Crippen LogP contribution < -0.4 is 5.32 Å². The van der Waals surface area contributed by atoms with E-state index < -0.39 is 6.04 Å². The van der Waals surface area contributed by atoms with Gasteiger partial charge in [0.2, 0.25) is 17.7 Å². The fourth-order valence-electron chi connectivity index (χ4n) is 8.87. The summed E-state index contributed by atoms with van der Waals surface area (Å²) in [6.07, 6.45) is 6.40. The number of imidazole rings is 2. The average Bonchev–Trinajstić information content (AvgIpc) is 4.13. The Bertz CT molecular complexity index is 2450. The Labute approximate surface area is 368 Å². The van der Waals surface area contributed by atoms with Gasteiger partial charge in [-0.1, -0.05) is 109 Å². The number of hydrogen-bond donors (Lipinski definition) is 3. The Hall–Kier alpha value is -6.02. The minimum atomic E-state index is -0.477. The molecular formula is C49H55N9O3S. The van der Waals surface area contributed by atoms with Gasteiger partial charge >= 0.3 is 0 Å². The number of likely N-dealkylation sites (N-methyl/N-ethyl adjacent to an activating group) is 2. The first kappa shape index (κ1) is 42.7. The number of aromatic nitrogens is 4. The Morgan fingerprint density at radius 1 is 0.694 bits per heavy atom. The zero-order valence-electron chi connectivity index (χ0n) is 36.0. The maximum Gasteiger partial charge on any atom is 0.246 e. The number of nitrogens with one attached hydrogen (secondary N) is 3. The van der Waals surface area contributed by atoms with Crippen molar-refractivity contribution < 1.29 is 14.4 Å². The number of benzene rings is 4. The molecule has 2 aromatic heterocycles. The van der Waals surface area contributed by atoms with Gasteiger partial charge in [-0.15, -0.1) is 11.8 Å². The minimum Gasteiger partial charge on any atom is -0.359 e. The molecule has 13 heteroatoms. The molecular weight excluding hydrogens is 795 g/mol. The van der Waals surface area contributed by atoms with Crippen molar-refractivity contribution in [3.8, 4) is 33.6 Å². The molecule has 4 aromatic carbocycles. The molecule has 3 amide bonds. The van der Waals surface area contributed by atoms with E-state index in [9.17, 15) is 14.4 Å². The van der Waals surface area contributed by atoms with Gasteiger partial charge in [-0.05, 0) is 80.8 Å². The van der Waals surface area contributed by atoms with Crippen molar-refractivity contribution in [2.45, 2.75) is 55.2 Å². The summed E-state index contributed by atoms with van der Waals surface area (Å²) in [6, 6.07) is 35.4. The van der Waals surface area contributed by atoms with Gasteiger partial charge in [-0.2, -0.15) is 0 Å². The molecule has 0 aliphatic carbocycles. The van der Waals surface area contributed by atoms with Crippen molar-refractivity contribution in [3.05, 3.63) is 144 Å².